The Hall–Kier alpha value is -2.28. The standard InChI is InChI=1S/C17H19FN4O2/c18-13-9-20-16(21-10-13)22-6-3-17(4-7-22)8-15(12-23-17)24-14-2-1-5-19-11-14/h1-2,5,9-11,15H,3-4,6-8,12H2/t15-/m0/s1. The molecule has 4 heterocycles. The summed E-state index contributed by atoms with van der Waals surface area (Å²) in [6.45, 7) is 2.19. The van der Waals surface area contributed by atoms with E-state index < -0.39 is 5.82 Å². The number of rotatable bonds is 3. The van der Waals surface area contributed by atoms with Crippen LogP contribution in [-0.4, -0.2) is 46.4 Å². The van der Waals surface area contributed by atoms with Gasteiger partial charge in [0, 0.05) is 25.7 Å². The highest BCUT2D eigenvalue weighted by Crippen LogP contribution is 2.37. The van der Waals surface area contributed by atoms with E-state index in [1.165, 1.54) is 12.4 Å². The molecule has 0 saturated carbocycles. The van der Waals surface area contributed by atoms with Gasteiger partial charge in [0.15, 0.2) is 5.82 Å². The Kier molecular flexibility index (Phi) is 4.02. The van der Waals surface area contributed by atoms with Crippen molar-refractivity contribution in [3.8, 4) is 5.75 Å². The molecule has 0 N–H and O–H groups in total. The Balaban J connectivity index is 1.34. The Morgan fingerprint density at radius 3 is 2.71 bits per heavy atom. The number of piperidine rings is 1. The van der Waals surface area contributed by atoms with E-state index in [-0.39, 0.29) is 11.7 Å². The van der Waals surface area contributed by atoms with Crippen molar-refractivity contribution in [2.75, 3.05) is 24.6 Å². The first-order valence-electron chi connectivity index (χ1n) is 8.16. The largest absolute Gasteiger partial charge is 0.486 e. The number of hydrogen-bond donors (Lipinski definition) is 0. The summed E-state index contributed by atoms with van der Waals surface area (Å²) >= 11 is 0. The van der Waals surface area contributed by atoms with Crippen LogP contribution in [0.25, 0.3) is 0 Å². The van der Waals surface area contributed by atoms with Gasteiger partial charge in [-0.05, 0) is 25.0 Å². The molecule has 24 heavy (non-hydrogen) atoms. The van der Waals surface area contributed by atoms with Crippen LogP contribution in [0.3, 0.4) is 0 Å². The number of hydrogen-bond acceptors (Lipinski definition) is 6. The second-order valence-electron chi connectivity index (χ2n) is 6.32. The topological polar surface area (TPSA) is 60.4 Å². The minimum atomic E-state index is -0.415. The minimum Gasteiger partial charge on any atom is -0.486 e. The maximum Gasteiger partial charge on any atom is 0.225 e. The molecule has 0 bridgehead atoms. The van der Waals surface area contributed by atoms with Crippen molar-refractivity contribution in [2.24, 2.45) is 0 Å². The normalized spacial score (nSPS) is 22.7. The van der Waals surface area contributed by atoms with Crippen molar-refractivity contribution >= 4 is 5.95 Å². The monoisotopic (exact) mass is 330 g/mol. The lowest BCUT2D eigenvalue weighted by Gasteiger charge is -2.38. The van der Waals surface area contributed by atoms with Gasteiger partial charge in [-0.1, -0.05) is 0 Å². The van der Waals surface area contributed by atoms with Gasteiger partial charge in [-0.25, -0.2) is 14.4 Å². The molecule has 7 heteroatoms. The summed E-state index contributed by atoms with van der Waals surface area (Å²) in [5, 5.41) is 0. The number of ether oxygens (including phenoxy) is 2. The summed E-state index contributed by atoms with van der Waals surface area (Å²) in [4.78, 5) is 14.3. The first-order chi connectivity index (χ1) is 11.7. The molecular formula is C17H19FN4O2. The Morgan fingerprint density at radius 2 is 2.00 bits per heavy atom. The number of pyridine rings is 1. The van der Waals surface area contributed by atoms with Crippen LogP contribution in [-0.2, 0) is 4.74 Å². The molecule has 0 aliphatic carbocycles. The highest BCUT2D eigenvalue weighted by Gasteiger charge is 2.44. The number of halogens is 1. The highest BCUT2D eigenvalue weighted by atomic mass is 19.1. The summed E-state index contributed by atoms with van der Waals surface area (Å²) in [5.41, 5.74) is -0.136. The van der Waals surface area contributed by atoms with Crippen LogP contribution in [0.2, 0.25) is 0 Å². The molecule has 2 aliphatic rings. The molecule has 2 aromatic heterocycles. The van der Waals surface area contributed by atoms with Crippen LogP contribution in [0.15, 0.2) is 36.9 Å². The smallest absolute Gasteiger partial charge is 0.225 e. The van der Waals surface area contributed by atoms with Gasteiger partial charge in [-0.15, -0.1) is 0 Å². The Morgan fingerprint density at radius 1 is 1.21 bits per heavy atom. The molecule has 1 atom stereocenters. The molecule has 126 valence electrons. The van der Waals surface area contributed by atoms with E-state index in [1.807, 2.05) is 12.1 Å². The lowest BCUT2D eigenvalue weighted by molar-refractivity contribution is -0.0164. The molecule has 2 aliphatic heterocycles. The highest BCUT2D eigenvalue weighted by molar-refractivity contribution is 5.30. The Labute approximate surface area is 139 Å². The van der Waals surface area contributed by atoms with Crippen molar-refractivity contribution < 1.29 is 13.9 Å². The predicted molar refractivity (Wildman–Crippen MR) is 85.4 cm³/mol. The molecular weight excluding hydrogens is 311 g/mol. The van der Waals surface area contributed by atoms with Crippen molar-refractivity contribution in [2.45, 2.75) is 31.0 Å². The summed E-state index contributed by atoms with van der Waals surface area (Å²) in [6.07, 6.45) is 8.57. The molecule has 0 aromatic carbocycles. The van der Waals surface area contributed by atoms with Crippen LogP contribution in [0, 0.1) is 5.82 Å². The summed E-state index contributed by atoms with van der Waals surface area (Å²) in [7, 11) is 0. The van der Waals surface area contributed by atoms with E-state index in [4.69, 9.17) is 9.47 Å². The zero-order valence-electron chi connectivity index (χ0n) is 13.3. The number of aromatic nitrogens is 3. The fraction of sp³-hybridized carbons (Fsp3) is 0.471. The first kappa shape index (κ1) is 15.3. The summed E-state index contributed by atoms with van der Waals surface area (Å²) in [5.74, 6) is 0.939. The second-order valence-corrected chi connectivity index (χ2v) is 6.32. The summed E-state index contributed by atoms with van der Waals surface area (Å²) in [6, 6.07) is 3.77. The third-order valence-corrected chi connectivity index (χ3v) is 4.68. The zero-order valence-corrected chi connectivity index (χ0v) is 13.3. The fourth-order valence-electron chi connectivity index (χ4n) is 3.42. The molecule has 6 nitrogen and oxygen atoms in total. The van der Waals surface area contributed by atoms with E-state index in [0.717, 1.165) is 38.1 Å². The van der Waals surface area contributed by atoms with Crippen molar-refractivity contribution in [3.63, 3.8) is 0 Å². The Bertz CT molecular complexity index is 675. The van der Waals surface area contributed by atoms with Gasteiger partial charge in [0.2, 0.25) is 5.95 Å². The van der Waals surface area contributed by atoms with E-state index in [0.29, 0.717) is 12.6 Å². The van der Waals surface area contributed by atoms with Crippen molar-refractivity contribution in [1.82, 2.24) is 15.0 Å². The van der Waals surface area contributed by atoms with E-state index in [1.54, 1.807) is 12.4 Å². The van der Waals surface area contributed by atoms with Crippen LogP contribution < -0.4 is 9.64 Å². The maximum absolute atomic E-state index is 12.9. The van der Waals surface area contributed by atoms with Crippen molar-refractivity contribution in [1.29, 1.82) is 0 Å². The van der Waals surface area contributed by atoms with Crippen LogP contribution in [0.1, 0.15) is 19.3 Å². The average molecular weight is 330 g/mol. The lowest BCUT2D eigenvalue weighted by atomic mass is 9.88. The van der Waals surface area contributed by atoms with Gasteiger partial charge >= 0.3 is 0 Å². The van der Waals surface area contributed by atoms with Crippen molar-refractivity contribution in [3.05, 3.63) is 42.7 Å². The predicted octanol–water partition coefficient (Wildman–Crippen LogP) is 2.22. The van der Waals surface area contributed by atoms with E-state index in [2.05, 4.69) is 19.9 Å². The molecule has 0 radical (unpaired) electrons. The maximum atomic E-state index is 12.9. The van der Waals surface area contributed by atoms with Gasteiger partial charge in [0.25, 0.3) is 0 Å². The molecule has 2 aromatic rings. The second kappa shape index (κ2) is 6.32. The SMILES string of the molecule is Fc1cnc(N2CCC3(CC2)C[C@H](Oc2cccnc2)CO3)nc1. The zero-order chi connectivity index (χ0) is 16.4. The van der Waals surface area contributed by atoms with Gasteiger partial charge in [-0.3, -0.25) is 4.98 Å². The van der Waals surface area contributed by atoms with Crippen LogP contribution in [0.5, 0.6) is 5.75 Å². The molecule has 2 fully saturated rings. The molecule has 0 unspecified atom stereocenters. The number of nitrogens with zero attached hydrogens (tertiary/aromatic N) is 4. The van der Waals surface area contributed by atoms with E-state index in [9.17, 15) is 4.39 Å². The molecule has 0 amide bonds. The molecule has 1 spiro atoms. The molecule has 4 rings (SSSR count). The van der Waals surface area contributed by atoms with Gasteiger partial charge in [-0.2, -0.15) is 0 Å². The minimum absolute atomic E-state index is 0.0582. The van der Waals surface area contributed by atoms with Gasteiger partial charge in [0.05, 0.1) is 30.8 Å². The van der Waals surface area contributed by atoms with E-state index >= 15 is 0 Å². The quantitative estimate of drug-likeness (QED) is 0.860. The van der Waals surface area contributed by atoms with Gasteiger partial charge < -0.3 is 14.4 Å². The third kappa shape index (κ3) is 3.17. The first-order valence-corrected chi connectivity index (χ1v) is 8.16. The number of anilines is 1. The third-order valence-electron chi connectivity index (χ3n) is 4.68. The van der Waals surface area contributed by atoms with Crippen LogP contribution >= 0.6 is 0 Å². The lowest BCUT2D eigenvalue weighted by Crippen LogP contribution is -2.45. The molecule has 2 saturated heterocycles. The fourth-order valence-corrected chi connectivity index (χ4v) is 3.42. The van der Waals surface area contributed by atoms with Crippen LogP contribution in [0.4, 0.5) is 10.3 Å². The average Bonchev–Trinajstić information content (AvgIpc) is 3.00. The summed E-state index contributed by atoms with van der Waals surface area (Å²) < 4.78 is 25.0. The van der Waals surface area contributed by atoms with Gasteiger partial charge in [0.1, 0.15) is 11.9 Å².